The SMILES string of the molecule is CCCNc1nnc(CSc2ccc(NC(C)=O)cc2)s1. The quantitative estimate of drug-likeness (QED) is 0.762. The van der Waals surface area contributed by atoms with Gasteiger partial charge in [-0.25, -0.2) is 0 Å². The van der Waals surface area contributed by atoms with Crippen molar-refractivity contribution in [3.05, 3.63) is 29.3 Å². The average Bonchev–Trinajstić information content (AvgIpc) is 2.92. The fraction of sp³-hybridized carbons (Fsp3) is 0.357. The minimum absolute atomic E-state index is 0.0589. The standard InChI is InChI=1S/C14H18N4OS2/c1-3-8-15-14-18-17-13(21-14)9-20-12-6-4-11(5-7-12)16-10(2)19/h4-7H,3,8-9H2,1-2H3,(H,15,18)(H,16,19). The molecule has 0 aliphatic rings. The van der Waals surface area contributed by atoms with E-state index in [1.807, 2.05) is 24.3 Å². The van der Waals surface area contributed by atoms with E-state index in [0.717, 1.165) is 39.4 Å². The summed E-state index contributed by atoms with van der Waals surface area (Å²) in [5.41, 5.74) is 0.814. The van der Waals surface area contributed by atoms with E-state index < -0.39 is 0 Å². The summed E-state index contributed by atoms with van der Waals surface area (Å²) in [6, 6.07) is 7.79. The van der Waals surface area contributed by atoms with Crippen molar-refractivity contribution in [1.29, 1.82) is 0 Å². The fourth-order valence-corrected chi connectivity index (χ4v) is 3.25. The number of amides is 1. The molecule has 0 aliphatic heterocycles. The summed E-state index contributed by atoms with van der Waals surface area (Å²) in [6.45, 7) is 4.55. The van der Waals surface area contributed by atoms with Crippen molar-refractivity contribution in [3.8, 4) is 0 Å². The van der Waals surface area contributed by atoms with E-state index in [-0.39, 0.29) is 5.91 Å². The van der Waals surface area contributed by atoms with E-state index in [4.69, 9.17) is 0 Å². The number of nitrogens with one attached hydrogen (secondary N) is 2. The summed E-state index contributed by atoms with van der Waals surface area (Å²) in [5, 5.41) is 16.2. The maximum Gasteiger partial charge on any atom is 0.221 e. The molecule has 0 saturated heterocycles. The van der Waals surface area contributed by atoms with E-state index >= 15 is 0 Å². The Morgan fingerprint density at radius 1 is 1.29 bits per heavy atom. The van der Waals surface area contributed by atoms with Crippen molar-refractivity contribution in [1.82, 2.24) is 10.2 Å². The molecule has 2 N–H and O–H groups in total. The minimum Gasteiger partial charge on any atom is -0.360 e. The predicted octanol–water partition coefficient (Wildman–Crippen LogP) is 3.61. The Balaban J connectivity index is 1.84. The van der Waals surface area contributed by atoms with E-state index in [1.165, 1.54) is 6.92 Å². The summed E-state index contributed by atoms with van der Waals surface area (Å²) in [5.74, 6) is 0.738. The highest BCUT2D eigenvalue weighted by Gasteiger charge is 2.04. The van der Waals surface area contributed by atoms with E-state index in [0.29, 0.717) is 0 Å². The second kappa shape index (κ2) is 7.99. The average molecular weight is 322 g/mol. The summed E-state index contributed by atoms with van der Waals surface area (Å²) >= 11 is 3.30. The van der Waals surface area contributed by atoms with Gasteiger partial charge in [0.05, 0.1) is 5.75 Å². The molecule has 0 atom stereocenters. The lowest BCUT2D eigenvalue weighted by Crippen LogP contribution is -2.05. The van der Waals surface area contributed by atoms with Gasteiger partial charge in [0.25, 0.3) is 0 Å². The molecule has 21 heavy (non-hydrogen) atoms. The van der Waals surface area contributed by atoms with Gasteiger partial charge in [-0.3, -0.25) is 4.79 Å². The molecule has 0 saturated carbocycles. The van der Waals surface area contributed by atoms with Crippen molar-refractivity contribution in [2.45, 2.75) is 30.9 Å². The molecule has 1 aromatic carbocycles. The minimum atomic E-state index is -0.0589. The van der Waals surface area contributed by atoms with Crippen LogP contribution in [0.5, 0.6) is 0 Å². The Bertz CT molecular complexity index is 583. The number of nitrogens with zero attached hydrogens (tertiary/aromatic N) is 2. The van der Waals surface area contributed by atoms with Crippen LogP contribution in [0.25, 0.3) is 0 Å². The third-order valence-electron chi connectivity index (χ3n) is 2.53. The van der Waals surface area contributed by atoms with Crippen LogP contribution in [0.2, 0.25) is 0 Å². The zero-order valence-corrected chi connectivity index (χ0v) is 13.7. The molecular weight excluding hydrogens is 304 g/mol. The third kappa shape index (κ3) is 5.35. The molecule has 1 aromatic heterocycles. The lowest BCUT2D eigenvalue weighted by Gasteiger charge is -2.03. The van der Waals surface area contributed by atoms with Gasteiger partial charge < -0.3 is 10.6 Å². The van der Waals surface area contributed by atoms with Gasteiger partial charge in [-0.1, -0.05) is 18.3 Å². The van der Waals surface area contributed by atoms with Gasteiger partial charge in [-0.05, 0) is 30.7 Å². The number of aromatic nitrogens is 2. The van der Waals surface area contributed by atoms with E-state index in [2.05, 4.69) is 27.8 Å². The van der Waals surface area contributed by atoms with Crippen LogP contribution in [0.15, 0.2) is 29.2 Å². The molecule has 112 valence electrons. The molecular formula is C14H18N4OS2. The topological polar surface area (TPSA) is 66.9 Å². The zero-order valence-electron chi connectivity index (χ0n) is 12.0. The number of carbonyl (C=O) groups excluding carboxylic acids is 1. The van der Waals surface area contributed by atoms with E-state index in [1.54, 1.807) is 23.1 Å². The Hall–Kier alpha value is -1.60. The Labute approximate surface area is 132 Å². The number of thioether (sulfide) groups is 1. The van der Waals surface area contributed by atoms with Gasteiger partial charge in [0.15, 0.2) is 0 Å². The number of hydrogen-bond donors (Lipinski definition) is 2. The maximum absolute atomic E-state index is 11.0. The summed E-state index contributed by atoms with van der Waals surface area (Å²) < 4.78 is 0. The van der Waals surface area contributed by atoms with Gasteiger partial charge >= 0.3 is 0 Å². The van der Waals surface area contributed by atoms with Crippen LogP contribution in [0.4, 0.5) is 10.8 Å². The van der Waals surface area contributed by atoms with Crippen LogP contribution >= 0.6 is 23.1 Å². The van der Waals surface area contributed by atoms with Crippen molar-refractivity contribution < 1.29 is 4.79 Å². The van der Waals surface area contributed by atoms with Gasteiger partial charge in [0.2, 0.25) is 11.0 Å². The maximum atomic E-state index is 11.0. The Morgan fingerprint density at radius 2 is 2.05 bits per heavy atom. The second-order valence-electron chi connectivity index (χ2n) is 4.42. The molecule has 1 heterocycles. The van der Waals surface area contributed by atoms with Crippen molar-refractivity contribution in [2.24, 2.45) is 0 Å². The van der Waals surface area contributed by atoms with Crippen LogP contribution in [-0.2, 0) is 10.5 Å². The van der Waals surface area contributed by atoms with Crippen molar-refractivity contribution >= 4 is 39.8 Å². The van der Waals surface area contributed by atoms with Crippen LogP contribution in [0.3, 0.4) is 0 Å². The Morgan fingerprint density at radius 3 is 2.71 bits per heavy atom. The smallest absolute Gasteiger partial charge is 0.221 e. The third-order valence-corrected chi connectivity index (χ3v) is 4.62. The number of benzene rings is 1. The highest BCUT2D eigenvalue weighted by Crippen LogP contribution is 2.26. The molecule has 5 nitrogen and oxygen atoms in total. The fourth-order valence-electron chi connectivity index (χ4n) is 1.60. The van der Waals surface area contributed by atoms with Crippen LogP contribution in [-0.4, -0.2) is 22.6 Å². The largest absolute Gasteiger partial charge is 0.360 e. The molecule has 0 bridgehead atoms. The number of anilines is 2. The first-order valence-electron chi connectivity index (χ1n) is 6.74. The molecule has 0 spiro atoms. The lowest BCUT2D eigenvalue weighted by molar-refractivity contribution is -0.114. The molecule has 0 fully saturated rings. The highest BCUT2D eigenvalue weighted by molar-refractivity contribution is 7.98. The second-order valence-corrected chi connectivity index (χ2v) is 6.53. The highest BCUT2D eigenvalue weighted by atomic mass is 32.2. The Kier molecular flexibility index (Phi) is 6.01. The molecule has 2 aromatic rings. The first-order chi connectivity index (χ1) is 10.2. The summed E-state index contributed by atoms with van der Waals surface area (Å²) in [7, 11) is 0. The number of hydrogen-bond acceptors (Lipinski definition) is 6. The molecule has 0 radical (unpaired) electrons. The zero-order chi connectivity index (χ0) is 15.1. The normalized spacial score (nSPS) is 10.4. The molecule has 2 rings (SSSR count). The molecule has 0 aliphatic carbocycles. The van der Waals surface area contributed by atoms with Crippen molar-refractivity contribution in [2.75, 3.05) is 17.2 Å². The monoisotopic (exact) mass is 322 g/mol. The first kappa shape index (κ1) is 15.8. The summed E-state index contributed by atoms with van der Waals surface area (Å²) in [4.78, 5) is 12.1. The number of carbonyl (C=O) groups is 1. The predicted molar refractivity (Wildman–Crippen MR) is 89.0 cm³/mol. The summed E-state index contributed by atoms with van der Waals surface area (Å²) in [6.07, 6.45) is 1.07. The molecule has 1 amide bonds. The van der Waals surface area contributed by atoms with Crippen LogP contribution < -0.4 is 10.6 Å². The van der Waals surface area contributed by atoms with Gasteiger partial charge in [0.1, 0.15) is 5.01 Å². The number of rotatable bonds is 7. The first-order valence-corrected chi connectivity index (χ1v) is 8.54. The lowest BCUT2D eigenvalue weighted by atomic mass is 10.3. The van der Waals surface area contributed by atoms with E-state index in [9.17, 15) is 4.79 Å². The molecule has 0 unspecified atom stereocenters. The molecule has 7 heteroatoms. The van der Waals surface area contributed by atoms with Gasteiger partial charge in [0, 0.05) is 24.1 Å². The van der Waals surface area contributed by atoms with Gasteiger partial charge in [-0.2, -0.15) is 0 Å². The van der Waals surface area contributed by atoms with Gasteiger partial charge in [-0.15, -0.1) is 22.0 Å². The van der Waals surface area contributed by atoms with Crippen molar-refractivity contribution in [3.63, 3.8) is 0 Å². The van der Waals surface area contributed by atoms with Crippen LogP contribution in [0, 0.1) is 0 Å². The van der Waals surface area contributed by atoms with Crippen LogP contribution in [0.1, 0.15) is 25.3 Å².